The maximum atomic E-state index is 12.6. The van der Waals surface area contributed by atoms with Gasteiger partial charge >= 0.3 is 0 Å². The number of carbonyl (C=O) groups excluding carboxylic acids is 1. The molecule has 1 aliphatic rings. The van der Waals surface area contributed by atoms with Gasteiger partial charge in [-0.05, 0) is 31.5 Å². The Hall–Kier alpha value is -2.63. The summed E-state index contributed by atoms with van der Waals surface area (Å²) in [4.78, 5) is 16.7. The number of aromatic nitrogens is 2. The van der Waals surface area contributed by atoms with E-state index in [2.05, 4.69) is 15.1 Å². The van der Waals surface area contributed by atoms with Crippen molar-refractivity contribution in [2.45, 2.75) is 13.8 Å². The molecule has 126 valence electrons. The van der Waals surface area contributed by atoms with E-state index in [1.165, 1.54) is 0 Å². The van der Waals surface area contributed by atoms with Gasteiger partial charge in [0, 0.05) is 37.8 Å². The smallest absolute Gasteiger partial charge is 0.254 e. The molecule has 3 rings (SSSR count). The fourth-order valence-corrected chi connectivity index (χ4v) is 2.83. The van der Waals surface area contributed by atoms with Crippen LogP contribution < -0.4 is 9.64 Å². The van der Waals surface area contributed by atoms with Gasteiger partial charge in [0.2, 0.25) is 5.88 Å². The van der Waals surface area contributed by atoms with Crippen molar-refractivity contribution in [3.63, 3.8) is 0 Å². The Morgan fingerprint density at radius 2 is 1.83 bits per heavy atom. The number of piperazine rings is 1. The summed E-state index contributed by atoms with van der Waals surface area (Å²) in [5.41, 5.74) is 1.80. The van der Waals surface area contributed by atoms with Crippen LogP contribution in [0, 0.1) is 6.92 Å². The average Bonchev–Trinajstić information content (AvgIpc) is 2.63. The maximum Gasteiger partial charge on any atom is 0.254 e. The number of benzene rings is 1. The lowest BCUT2D eigenvalue weighted by atomic mass is 10.1. The minimum absolute atomic E-state index is 0.102. The number of nitrogens with zero attached hydrogens (tertiary/aromatic N) is 4. The highest BCUT2D eigenvalue weighted by Gasteiger charge is 2.23. The van der Waals surface area contributed by atoms with E-state index in [0.717, 1.165) is 30.0 Å². The van der Waals surface area contributed by atoms with E-state index in [1.54, 1.807) is 0 Å². The molecule has 0 spiro atoms. The number of rotatable bonds is 4. The summed E-state index contributed by atoms with van der Waals surface area (Å²) in [5, 5.41) is 8.27. The van der Waals surface area contributed by atoms with Gasteiger partial charge in [0.25, 0.3) is 5.91 Å². The molecule has 1 fully saturated rings. The molecular formula is C18H22N4O2. The number of hydrogen-bond donors (Lipinski definition) is 0. The van der Waals surface area contributed by atoms with Crippen LogP contribution in [0.25, 0.3) is 0 Å². The SMILES string of the molecule is CCOc1ccc(N2CCN(C(=O)c3ccccc3C)CC2)nn1. The van der Waals surface area contributed by atoms with E-state index in [9.17, 15) is 4.79 Å². The number of hydrogen-bond acceptors (Lipinski definition) is 5. The monoisotopic (exact) mass is 326 g/mol. The molecular weight excluding hydrogens is 304 g/mol. The van der Waals surface area contributed by atoms with Gasteiger partial charge < -0.3 is 14.5 Å². The summed E-state index contributed by atoms with van der Waals surface area (Å²) in [7, 11) is 0. The first-order chi connectivity index (χ1) is 11.7. The molecule has 1 aromatic heterocycles. The zero-order chi connectivity index (χ0) is 16.9. The topological polar surface area (TPSA) is 58.6 Å². The highest BCUT2D eigenvalue weighted by molar-refractivity contribution is 5.95. The van der Waals surface area contributed by atoms with Gasteiger partial charge in [-0.15, -0.1) is 10.2 Å². The fraction of sp³-hybridized carbons (Fsp3) is 0.389. The Labute approximate surface area is 142 Å². The molecule has 1 amide bonds. The first-order valence-electron chi connectivity index (χ1n) is 8.25. The van der Waals surface area contributed by atoms with Gasteiger partial charge in [0.1, 0.15) is 0 Å². The van der Waals surface area contributed by atoms with Crippen molar-refractivity contribution in [2.24, 2.45) is 0 Å². The lowest BCUT2D eigenvalue weighted by Gasteiger charge is -2.35. The van der Waals surface area contributed by atoms with E-state index in [0.29, 0.717) is 25.6 Å². The van der Waals surface area contributed by atoms with Gasteiger partial charge in [0.05, 0.1) is 6.61 Å². The van der Waals surface area contributed by atoms with Crippen LogP contribution in [0.2, 0.25) is 0 Å². The van der Waals surface area contributed by atoms with Crippen molar-refractivity contribution in [1.29, 1.82) is 0 Å². The molecule has 6 nitrogen and oxygen atoms in total. The average molecular weight is 326 g/mol. The minimum atomic E-state index is 0.102. The van der Waals surface area contributed by atoms with E-state index in [1.807, 2.05) is 55.1 Å². The van der Waals surface area contributed by atoms with Crippen molar-refractivity contribution in [2.75, 3.05) is 37.7 Å². The second-order valence-electron chi connectivity index (χ2n) is 5.76. The van der Waals surface area contributed by atoms with Crippen LogP contribution in [-0.2, 0) is 0 Å². The van der Waals surface area contributed by atoms with Gasteiger partial charge in [-0.1, -0.05) is 18.2 Å². The lowest BCUT2D eigenvalue weighted by Crippen LogP contribution is -2.49. The second kappa shape index (κ2) is 7.29. The summed E-state index contributed by atoms with van der Waals surface area (Å²) in [5.74, 6) is 1.46. The molecule has 0 N–H and O–H groups in total. The van der Waals surface area contributed by atoms with Crippen LogP contribution in [0.15, 0.2) is 36.4 Å². The third kappa shape index (κ3) is 3.48. The first-order valence-corrected chi connectivity index (χ1v) is 8.25. The van der Waals surface area contributed by atoms with Crippen molar-refractivity contribution in [1.82, 2.24) is 15.1 Å². The maximum absolute atomic E-state index is 12.6. The fourth-order valence-electron chi connectivity index (χ4n) is 2.83. The number of aryl methyl sites for hydroxylation is 1. The summed E-state index contributed by atoms with van der Waals surface area (Å²) in [6.07, 6.45) is 0. The lowest BCUT2D eigenvalue weighted by molar-refractivity contribution is 0.0746. The third-order valence-corrected chi connectivity index (χ3v) is 4.18. The molecule has 0 atom stereocenters. The van der Waals surface area contributed by atoms with Gasteiger partial charge in [0.15, 0.2) is 5.82 Å². The molecule has 0 radical (unpaired) electrons. The molecule has 6 heteroatoms. The minimum Gasteiger partial charge on any atom is -0.477 e. The second-order valence-corrected chi connectivity index (χ2v) is 5.76. The molecule has 1 saturated heterocycles. The van der Waals surface area contributed by atoms with Crippen LogP contribution in [0.5, 0.6) is 5.88 Å². The van der Waals surface area contributed by atoms with Crippen LogP contribution in [0.1, 0.15) is 22.8 Å². The quantitative estimate of drug-likeness (QED) is 0.861. The Morgan fingerprint density at radius 1 is 1.08 bits per heavy atom. The third-order valence-electron chi connectivity index (χ3n) is 4.18. The molecule has 0 saturated carbocycles. The largest absolute Gasteiger partial charge is 0.477 e. The molecule has 0 bridgehead atoms. The van der Waals surface area contributed by atoms with Crippen molar-refractivity contribution < 1.29 is 9.53 Å². The number of carbonyl (C=O) groups is 1. The van der Waals surface area contributed by atoms with Gasteiger partial charge in [-0.2, -0.15) is 0 Å². The molecule has 1 aromatic carbocycles. The Balaban J connectivity index is 1.61. The Bertz CT molecular complexity index is 694. The standard InChI is InChI=1S/C18H22N4O2/c1-3-24-17-9-8-16(19-20-17)21-10-12-22(13-11-21)18(23)15-7-5-4-6-14(15)2/h4-9H,3,10-13H2,1-2H3. The van der Waals surface area contributed by atoms with E-state index < -0.39 is 0 Å². The number of ether oxygens (including phenoxy) is 1. The predicted octanol–water partition coefficient (Wildman–Crippen LogP) is 2.15. The highest BCUT2D eigenvalue weighted by atomic mass is 16.5. The van der Waals surface area contributed by atoms with Crippen LogP contribution in [-0.4, -0.2) is 53.8 Å². The van der Waals surface area contributed by atoms with E-state index in [-0.39, 0.29) is 5.91 Å². The normalized spacial score (nSPS) is 14.6. The van der Waals surface area contributed by atoms with E-state index >= 15 is 0 Å². The Morgan fingerprint density at radius 3 is 2.46 bits per heavy atom. The number of amides is 1. The van der Waals surface area contributed by atoms with Crippen LogP contribution >= 0.6 is 0 Å². The van der Waals surface area contributed by atoms with Crippen LogP contribution in [0.3, 0.4) is 0 Å². The molecule has 0 unspecified atom stereocenters. The molecule has 1 aliphatic heterocycles. The summed E-state index contributed by atoms with van der Waals surface area (Å²) in [6, 6.07) is 11.5. The van der Waals surface area contributed by atoms with Crippen LogP contribution in [0.4, 0.5) is 5.82 Å². The highest BCUT2D eigenvalue weighted by Crippen LogP contribution is 2.17. The van der Waals surface area contributed by atoms with Gasteiger partial charge in [-0.25, -0.2) is 0 Å². The molecule has 24 heavy (non-hydrogen) atoms. The summed E-state index contributed by atoms with van der Waals surface area (Å²) < 4.78 is 5.31. The zero-order valence-corrected chi connectivity index (χ0v) is 14.1. The first kappa shape index (κ1) is 16.2. The molecule has 2 aromatic rings. The molecule has 0 aliphatic carbocycles. The van der Waals surface area contributed by atoms with Crippen molar-refractivity contribution in [3.8, 4) is 5.88 Å². The number of anilines is 1. The van der Waals surface area contributed by atoms with Gasteiger partial charge in [-0.3, -0.25) is 4.79 Å². The molecule has 2 heterocycles. The van der Waals surface area contributed by atoms with E-state index in [4.69, 9.17) is 4.74 Å². The summed E-state index contributed by atoms with van der Waals surface area (Å²) >= 11 is 0. The Kier molecular flexibility index (Phi) is 4.93. The summed E-state index contributed by atoms with van der Waals surface area (Å²) in [6.45, 7) is 7.33. The van der Waals surface area contributed by atoms with Crippen molar-refractivity contribution >= 4 is 11.7 Å². The zero-order valence-electron chi connectivity index (χ0n) is 14.1. The predicted molar refractivity (Wildman–Crippen MR) is 92.5 cm³/mol. The van der Waals surface area contributed by atoms with Crippen molar-refractivity contribution in [3.05, 3.63) is 47.5 Å².